The first-order valence-electron chi connectivity index (χ1n) is 5.91. The molecule has 0 spiro atoms. The van der Waals surface area contributed by atoms with Gasteiger partial charge in [0, 0.05) is 15.5 Å². The van der Waals surface area contributed by atoms with Gasteiger partial charge in [0.25, 0.3) is 0 Å². The third-order valence-corrected chi connectivity index (χ3v) is 4.04. The van der Waals surface area contributed by atoms with Crippen molar-refractivity contribution in [2.24, 2.45) is 0 Å². The summed E-state index contributed by atoms with van der Waals surface area (Å²) in [6.07, 6.45) is 0. The first-order valence-corrected chi connectivity index (χ1v) is 7.46. The minimum Gasteiger partial charge on any atom is -0.352 e. The molecular weight excluding hydrogens is 359 g/mol. The maximum Gasteiger partial charge on any atom is 0.154 e. The van der Waals surface area contributed by atoms with Gasteiger partial charge in [0.2, 0.25) is 0 Å². The predicted molar refractivity (Wildman–Crippen MR) is 89.2 cm³/mol. The molecule has 0 bridgehead atoms. The molecule has 2 aromatic carbocycles. The summed E-state index contributed by atoms with van der Waals surface area (Å²) in [5, 5.41) is 4.98. The number of nitrogens with zero attached hydrogens (tertiary/aromatic N) is 1. The van der Waals surface area contributed by atoms with Crippen LogP contribution in [0.25, 0.3) is 10.9 Å². The van der Waals surface area contributed by atoms with Crippen LogP contribution >= 0.6 is 39.1 Å². The standard InChI is InChI=1S/C15H9BrCl2N2/c16-9-6-7-12-11(8-9)13(17)14(15(18)20-12)19-10-4-2-1-3-5-10/h1-8,19H. The molecule has 5 heteroatoms. The molecule has 20 heavy (non-hydrogen) atoms. The van der Waals surface area contributed by atoms with Crippen LogP contribution in [-0.2, 0) is 0 Å². The number of para-hydroxylation sites is 1. The second-order valence-corrected chi connectivity index (χ2v) is 5.90. The Hall–Kier alpha value is -1.29. The maximum absolute atomic E-state index is 6.46. The van der Waals surface area contributed by atoms with Gasteiger partial charge in [-0.15, -0.1) is 0 Å². The number of hydrogen-bond donors (Lipinski definition) is 1. The quantitative estimate of drug-likeness (QED) is 0.558. The second kappa shape index (κ2) is 5.60. The predicted octanol–water partition coefficient (Wildman–Crippen LogP) is 6.05. The van der Waals surface area contributed by atoms with Gasteiger partial charge in [-0.2, -0.15) is 0 Å². The molecule has 0 aliphatic carbocycles. The Morgan fingerprint density at radius 2 is 1.75 bits per heavy atom. The van der Waals surface area contributed by atoms with Crippen molar-refractivity contribution in [1.82, 2.24) is 4.98 Å². The van der Waals surface area contributed by atoms with E-state index >= 15 is 0 Å². The molecule has 1 aromatic heterocycles. The van der Waals surface area contributed by atoms with Crippen LogP contribution in [0.1, 0.15) is 0 Å². The summed E-state index contributed by atoms with van der Waals surface area (Å²) in [4.78, 5) is 4.37. The molecule has 0 aliphatic heterocycles. The molecule has 0 unspecified atom stereocenters. The Balaban J connectivity index is 2.15. The fourth-order valence-corrected chi connectivity index (χ4v) is 2.87. The average molecular weight is 368 g/mol. The zero-order valence-corrected chi connectivity index (χ0v) is 13.3. The van der Waals surface area contributed by atoms with Crippen molar-refractivity contribution >= 4 is 61.4 Å². The highest BCUT2D eigenvalue weighted by Crippen LogP contribution is 2.37. The molecule has 0 amide bonds. The third-order valence-electron chi connectivity index (χ3n) is 2.88. The smallest absolute Gasteiger partial charge is 0.154 e. The highest BCUT2D eigenvalue weighted by atomic mass is 79.9. The van der Waals surface area contributed by atoms with Gasteiger partial charge in [-0.1, -0.05) is 57.3 Å². The fourth-order valence-electron chi connectivity index (χ4n) is 1.94. The van der Waals surface area contributed by atoms with Crippen molar-refractivity contribution in [2.45, 2.75) is 0 Å². The largest absolute Gasteiger partial charge is 0.352 e. The molecule has 3 aromatic rings. The van der Waals surface area contributed by atoms with Crippen LogP contribution in [-0.4, -0.2) is 4.98 Å². The second-order valence-electron chi connectivity index (χ2n) is 4.24. The number of benzene rings is 2. The summed E-state index contributed by atoms with van der Waals surface area (Å²) in [6.45, 7) is 0. The van der Waals surface area contributed by atoms with E-state index in [2.05, 4.69) is 26.2 Å². The Labute approximate surface area is 134 Å². The van der Waals surface area contributed by atoms with E-state index in [9.17, 15) is 0 Å². The summed E-state index contributed by atoms with van der Waals surface area (Å²) < 4.78 is 0.946. The monoisotopic (exact) mass is 366 g/mol. The molecule has 0 radical (unpaired) electrons. The molecule has 0 saturated carbocycles. The number of fused-ring (bicyclic) bond motifs is 1. The van der Waals surface area contributed by atoms with Crippen molar-refractivity contribution in [3.05, 3.63) is 63.2 Å². The van der Waals surface area contributed by atoms with E-state index in [-0.39, 0.29) is 0 Å². The average Bonchev–Trinajstić information content (AvgIpc) is 2.46. The third kappa shape index (κ3) is 2.62. The van der Waals surface area contributed by atoms with E-state index in [1.165, 1.54) is 0 Å². The SMILES string of the molecule is Clc1nc2ccc(Br)cc2c(Cl)c1Nc1ccccc1. The van der Waals surface area contributed by atoms with E-state index < -0.39 is 0 Å². The minimum atomic E-state index is 0.355. The molecule has 2 nitrogen and oxygen atoms in total. The highest BCUT2D eigenvalue weighted by molar-refractivity contribution is 9.10. The molecule has 3 rings (SSSR count). The van der Waals surface area contributed by atoms with Gasteiger partial charge in [-0.3, -0.25) is 0 Å². The van der Waals surface area contributed by atoms with Crippen LogP contribution in [0.3, 0.4) is 0 Å². The van der Waals surface area contributed by atoms with E-state index in [0.717, 1.165) is 21.1 Å². The number of pyridine rings is 1. The number of nitrogens with one attached hydrogen (secondary N) is 1. The normalized spacial score (nSPS) is 10.8. The molecule has 100 valence electrons. The van der Waals surface area contributed by atoms with Crippen LogP contribution in [0.4, 0.5) is 11.4 Å². The lowest BCUT2D eigenvalue weighted by molar-refractivity contribution is 1.39. The summed E-state index contributed by atoms with van der Waals surface area (Å²) in [6, 6.07) is 15.4. The van der Waals surface area contributed by atoms with Crippen molar-refractivity contribution in [3.63, 3.8) is 0 Å². The Morgan fingerprint density at radius 3 is 2.50 bits per heavy atom. The van der Waals surface area contributed by atoms with Crippen LogP contribution in [0, 0.1) is 0 Å². The number of anilines is 2. The van der Waals surface area contributed by atoms with E-state index in [1.54, 1.807) is 0 Å². The topological polar surface area (TPSA) is 24.9 Å². The van der Waals surface area contributed by atoms with Crippen LogP contribution < -0.4 is 5.32 Å². The van der Waals surface area contributed by atoms with Crippen LogP contribution in [0.15, 0.2) is 53.0 Å². The van der Waals surface area contributed by atoms with Gasteiger partial charge in [0.05, 0.1) is 16.2 Å². The van der Waals surface area contributed by atoms with E-state index in [4.69, 9.17) is 23.2 Å². The molecule has 1 N–H and O–H groups in total. The molecular formula is C15H9BrCl2N2. The van der Waals surface area contributed by atoms with Gasteiger partial charge in [0.1, 0.15) is 0 Å². The molecule has 0 saturated heterocycles. The van der Waals surface area contributed by atoms with Gasteiger partial charge >= 0.3 is 0 Å². The fraction of sp³-hybridized carbons (Fsp3) is 0. The molecule has 0 atom stereocenters. The van der Waals surface area contributed by atoms with Crippen LogP contribution in [0.2, 0.25) is 10.2 Å². The van der Waals surface area contributed by atoms with Gasteiger partial charge in [-0.25, -0.2) is 4.98 Å². The zero-order valence-electron chi connectivity index (χ0n) is 10.2. The lowest BCUT2D eigenvalue weighted by Gasteiger charge is -2.12. The maximum atomic E-state index is 6.46. The van der Waals surface area contributed by atoms with Crippen molar-refractivity contribution < 1.29 is 0 Å². The summed E-state index contributed by atoms with van der Waals surface area (Å²) in [5.74, 6) is 0. The van der Waals surface area contributed by atoms with Crippen molar-refractivity contribution in [3.8, 4) is 0 Å². The lowest BCUT2D eigenvalue weighted by Crippen LogP contribution is -1.95. The number of rotatable bonds is 2. The summed E-state index contributed by atoms with van der Waals surface area (Å²) in [7, 11) is 0. The van der Waals surface area contributed by atoms with Gasteiger partial charge in [0.15, 0.2) is 5.15 Å². The number of halogens is 3. The first kappa shape index (κ1) is 13.7. The Morgan fingerprint density at radius 1 is 1.00 bits per heavy atom. The number of aromatic nitrogens is 1. The molecule has 0 aliphatic rings. The van der Waals surface area contributed by atoms with Gasteiger partial charge < -0.3 is 5.32 Å². The lowest BCUT2D eigenvalue weighted by atomic mass is 10.2. The Kier molecular flexibility index (Phi) is 3.83. The van der Waals surface area contributed by atoms with E-state index in [1.807, 2.05) is 48.5 Å². The Bertz CT molecular complexity index is 776. The molecule has 1 heterocycles. The minimum absolute atomic E-state index is 0.355. The first-order chi connectivity index (χ1) is 9.65. The van der Waals surface area contributed by atoms with Crippen molar-refractivity contribution in [1.29, 1.82) is 0 Å². The van der Waals surface area contributed by atoms with Crippen LogP contribution in [0.5, 0.6) is 0 Å². The van der Waals surface area contributed by atoms with Crippen molar-refractivity contribution in [2.75, 3.05) is 5.32 Å². The highest BCUT2D eigenvalue weighted by Gasteiger charge is 2.13. The zero-order chi connectivity index (χ0) is 14.1. The van der Waals surface area contributed by atoms with Gasteiger partial charge in [-0.05, 0) is 30.3 Å². The summed E-state index contributed by atoms with van der Waals surface area (Å²) >= 11 is 16.1. The molecule has 0 fully saturated rings. The van der Waals surface area contributed by atoms with E-state index in [0.29, 0.717) is 15.9 Å². The number of hydrogen-bond acceptors (Lipinski definition) is 2. The summed E-state index contributed by atoms with van der Waals surface area (Å²) in [5.41, 5.74) is 2.29.